The fraction of sp³-hybridized carbons (Fsp3) is 0.0909. The molecule has 0 radical (unpaired) electrons. The van der Waals surface area contributed by atoms with Gasteiger partial charge < -0.3 is 53.3 Å². The molecule has 0 unspecified atom stereocenters. The lowest BCUT2D eigenvalue weighted by molar-refractivity contribution is -0.105. The van der Waals surface area contributed by atoms with E-state index in [0.29, 0.717) is 47.1 Å². The van der Waals surface area contributed by atoms with Gasteiger partial charge >= 0.3 is 11.9 Å². The molecule has 0 bridgehead atoms. The number of aromatic nitrogens is 4. The SMILES string of the molecule is CNc1cc(OCOc2ccc(C(=O)O)c(NC)c2)ccc1C(=O)O.N/C(C=O)=C\C=C(/N)n1ccnc1.N/C(C=O)=C\C=C(/N)n1ccnc1. The lowest BCUT2D eigenvalue weighted by Crippen LogP contribution is -2.08. The van der Waals surface area contributed by atoms with Crippen LogP contribution in [0, 0.1) is 0 Å². The van der Waals surface area contributed by atoms with Crippen molar-refractivity contribution in [3.63, 3.8) is 0 Å². The van der Waals surface area contributed by atoms with Gasteiger partial charge in [0.1, 0.15) is 35.8 Å². The first-order valence-electron chi connectivity index (χ1n) is 14.5. The number of imidazole rings is 2. The van der Waals surface area contributed by atoms with Gasteiger partial charge in [0.05, 0.1) is 33.9 Å². The summed E-state index contributed by atoms with van der Waals surface area (Å²) >= 11 is 0. The van der Waals surface area contributed by atoms with E-state index in [9.17, 15) is 19.2 Å². The number of carboxylic acids is 2. The molecule has 2 aromatic heterocycles. The molecule has 0 saturated carbocycles. The summed E-state index contributed by atoms with van der Waals surface area (Å²) in [5.41, 5.74) is 23.1. The molecule has 12 N–H and O–H groups in total. The summed E-state index contributed by atoms with van der Waals surface area (Å²) < 4.78 is 14.1. The maximum atomic E-state index is 11.1. The summed E-state index contributed by atoms with van der Waals surface area (Å²) in [6, 6.07) is 9.04. The van der Waals surface area contributed by atoms with Crippen molar-refractivity contribution >= 4 is 47.5 Å². The number of nitrogens with zero attached hydrogens (tertiary/aromatic N) is 4. The van der Waals surface area contributed by atoms with Crippen LogP contribution in [0.15, 0.2) is 110 Å². The Morgan fingerprint density at radius 1 is 0.706 bits per heavy atom. The predicted octanol–water partition coefficient (Wildman–Crippen LogP) is 1.95. The molecule has 0 aliphatic carbocycles. The van der Waals surface area contributed by atoms with Crippen LogP contribution < -0.4 is 43.0 Å². The lowest BCUT2D eigenvalue weighted by atomic mass is 10.1. The third-order valence-electron chi connectivity index (χ3n) is 6.20. The Balaban J connectivity index is 0.000000292. The number of hydrogen-bond acceptors (Lipinski definition) is 14. The van der Waals surface area contributed by atoms with Gasteiger partial charge in [0.2, 0.25) is 6.79 Å². The van der Waals surface area contributed by atoms with Crippen LogP contribution >= 0.6 is 0 Å². The molecule has 0 amide bonds. The first-order valence-corrected chi connectivity index (χ1v) is 14.5. The molecule has 18 heteroatoms. The quantitative estimate of drug-likeness (QED) is 0.0403. The number of benzene rings is 2. The van der Waals surface area contributed by atoms with Gasteiger partial charge in [0, 0.05) is 51.0 Å². The van der Waals surface area contributed by atoms with E-state index in [0.717, 1.165) is 0 Å². The van der Waals surface area contributed by atoms with Gasteiger partial charge in [0.15, 0.2) is 12.6 Å². The van der Waals surface area contributed by atoms with E-state index in [-0.39, 0.29) is 29.3 Å². The highest BCUT2D eigenvalue weighted by atomic mass is 16.7. The Morgan fingerprint density at radius 3 is 1.39 bits per heavy atom. The number of allylic oxidation sites excluding steroid dienone is 6. The van der Waals surface area contributed by atoms with Gasteiger partial charge in [-0.25, -0.2) is 19.6 Å². The second-order valence-electron chi connectivity index (χ2n) is 9.62. The summed E-state index contributed by atoms with van der Waals surface area (Å²) in [4.78, 5) is 50.0. The third-order valence-corrected chi connectivity index (χ3v) is 6.20. The molecule has 18 nitrogen and oxygen atoms in total. The molecule has 0 spiro atoms. The number of carbonyl (C=O) groups excluding carboxylic acids is 2. The van der Waals surface area contributed by atoms with E-state index in [2.05, 4.69) is 20.6 Å². The predicted molar refractivity (Wildman–Crippen MR) is 190 cm³/mol. The van der Waals surface area contributed by atoms with Crippen LogP contribution in [0.3, 0.4) is 0 Å². The zero-order valence-corrected chi connectivity index (χ0v) is 27.5. The minimum atomic E-state index is -1.04. The fourth-order valence-electron chi connectivity index (χ4n) is 3.62. The number of nitrogens with two attached hydrogens (primary N) is 4. The molecular weight excluding hydrogens is 664 g/mol. The van der Waals surface area contributed by atoms with Crippen LogP contribution in [-0.4, -0.2) is 74.7 Å². The molecule has 0 aliphatic heterocycles. The molecule has 4 rings (SSSR count). The monoisotopic (exact) mass is 702 g/mol. The number of carbonyl (C=O) groups is 4. The Morgan fingerprint density at radius 2 is 1.10 bits per heavy atom. The molecule has 2 heterocycles. The van der Waals surface area contributed by atoms with Crippen molar-refractivity contribution in [1.29, 1.82) is 0 Å². The van der Waals surface area contributed by atoms with Gasteiger partial charge in [0.25, 0.3) is 0 Å². The highest BCUT2D eigenvalue weighted by Crippen LogP contribution is 2.24. The molecule has 0 aliphatic rings. The number of aldehydes is 2. The molecule has 51 heavy (non-hydrogen) atoms. The van der Waals surface area contributed by atoms with Gasteiger partial charge in [-0.2, -0.15) is 0 Å². The van der Waals surface area contributed by atoms with Crippen LogP contribution in [-0.2, 0) is 9.59 Å². The van der Waals surface area contributed by atoms with Crippen LogP contribution in [0.5, 0.6) is 11.5 Å². The number of ether oxygens (including phenoxy) is 2. The number of nitrogens with one attached hydrogen (secondary N) is 2. The van der Waals surface area contributed by atoms with E-state index >= 15 is 0 Å². The Hall–Kier alpha value is -7.50. The maximum Gasteiger partial charge on any atom is 0.337 e. The van der Waals surface area contributed by atoms with Crippen molar-refractivity contribution < 1.29 is 38.9 Å². The maximum absolute atomic E-state index is 11.1. The van der Waals surface area contributed by atoms with Crippen molar-refractivity contribution in [1.82, 2.24) is 19.1 Å². The van der Waals surface area contributed by atoms with Crippen molar-refractivity contribution in [2.24, 2.45) is 22.9 Å². The van der Waals surface area contributed by atoms with Gasteiger partial charge in [-0.15, -0.1) is 0 Å². The van der Waals surface area contributed by atoms with E-state index in [1.165, 1.54) is 48.6 Å². The average molecular weight is 703 g/mol. The highest BCUT2D eigenvalue weighted by molar-refractivity contribution is 5.95. The van der Waals surface area contributed by atoms with E-state index in [1.807, 2.05) is 0 Å². The molecule has 0 atom stereocenters. The van der Waals surface area contributed by atoms with E-state index < -0.39 is 11.9 Å². The second kappa shape index (κ2) is 20.7. The fourth-order valence-corrected chi connectivity index (χ4v) is 3.62. The van der Waals surface area contributed by atoms with Gasteiger partial charge in [-0.05, 0) is 48.6 Å². The lowest BCUT2D eigenvalue weighted by Gasteiger charge is -2.12. The van der Waals surface area contributed by atoms with Crippen molar-refractivity contribution in [3.8, 4) is 11.5 Å². The van der Waals surface area contributed by atoms with E-state index in [4.69, 9.17) is 42.6 Å². The highest BCUT2D eigenvalue weighted by Gasteiger charge is 2.12. The molecule has 4 aromatic rings. The van der Waals surface area contributed by atoms with Crippen LogP contribution in [0.2, 0.25) is 0 Å². The number of anilines is 2. The van der Waals surface area contributed by atoms with Crippen molar-refractivity contribution in [2.45, 2.75) is 0 Å². The molecule has 2 aromatic carbocycles. The first kappa shape index (κ1) is 39.7. The number of hydrogen-bond donors (Lipinski definition) is 8. The smallest absolute Gasteiger partial charge is 0.337 e. The van der Waals surface area contributed by atoms with E-state index in [1.54, 1.807) is 72.8 Å². The molecule has 268 valence electrons. The molecule has 0 fully saturated rings. The number of carboxylic acid groups (broad SMARTS) is 2. The summed E-state index contributed by atoms with van der Waals surface area (Å²) in [7, 11) is 3.23. The molecular formula is C33H38N10O8. The number of rotatable bonds is 14. The molecule has 0 saturated heterocycles. The van der Waals surface area contributed by atoms with Gasteiger partial charge in [-0.3, -0.25) is 18.7 Å². The van der Waals surface area contributed by atoms with Gasteiger partial charge in [-0.1, -0.05) is 0 Å². The summed E-state index contributed by atoms with van der Waals surface area (Å²) in [6.45, 7) is -0.120. The summed E-state index contributed by atoms with van der Waals surface area (Å²) in [5, 5.41) is 23.7. The standard InChI is InChI=1S/C17H18N2O6.2C8H10N4O/c1-18-14-7-10(3-5-12(14)16(20)21)24-9-25-11-4-6-13(17(22)23)15(8-11)19-2;2*9-7(5-13)1-2-8(10)12-4-3-11-6-12/h3-8,18-19H,9H2,1-2H3,(H,20,21)(H,22,23);2*1-6H,9-10H2/b;2*7-1-,8-2+. The summed E-state index contributed by atoms with van der Waals surface area (Å²) in [5.74, 6) is -0.309. The normalized spacial score (nSPS) is 11.5. The van der Waals surface area contributed by atoms with Crippen LogP contribution in [0.1, 0.15) is 20.7 Å². The van der Waals surface area contributed by atoms with Crippen molar-refractivity contribution in [2.75, 3.05) is 31.5 Å². The summed E-state index contributed by atoms with van der Waals surface area (Å²) in [6.07, 6.45) is 16.7. The minimum Gasteiger partial charge on any atom is -0.478 e. The second-order valence-corrected chi connectivity index (χ2v) is 9.62. The first-order chi connectivity index (χ1) is 24.4. The van der Waals surface area contributed by atoms with Crippen molar-refractivity contribution in [3.05, 3.63) is 121 Å². The Kier molecular flexibility index (Phi) is 16.1. The Labute approximate surface area is 292 Å². The zero-order chi connectivity index (χ0) is 37.8. The number of aromatic carboxylic acids is 2. The largest absolute Gasteiger partial charge is 0.478 e. The average Bonchev–Trinajstić information content (AvgIpc) is 3.89. The Bertz CT molecular complexity index is 1750. The third kappa shape index (κ3) is 13.3. The zero-order valence-electron chi connectivity index (χ0n) is 27.5. The van der Waals surface area contributed by atoms with Crippen LogP contribution in [0.4, 0.5) is 11.4 Å². The minimum absolute atomic E-state index is 0.120. The topological polar surface area (TPSA) is 291 Å². The van der Waals surface area contributed by atoms with Crippen LogP contribution in [0.25, 0.3) is 11.6 Å².